The van der Waals surface area contributed by atoms with Gasteiger partial charge < -0.3 is 14.5 Å². The van der Waals surface area contributed by atoms with Gasteiger partial charge in [-0.2, -0.15) is 13.5 Å². The summed E-state index contributed by atoms with van der Waals surface area (Å²) >= 11 is 0.930. The van der Waals surface area contributed by atoms with Gasteiger partial charge in [0.2, 0.25) is 15.9 Å². The second-order valence-electron chi connectivity index (χ2n) is 7.76. The summed E-state index contributed by atoms with van der Waals surface area (Å²) in [5, 5.41) is 0. The number of hydrogen-bond acceptors (Lipinski definition) is 8. The largest absolute Gasteiger partial charge is 0.450 e. The van der Waals surface area contributed by atoms with Gasteiger partial charge in [0, 0.05) is 26.2 Å². The van der Waals surface area contributed by atoms with E-state index < -0.39 is 22.2 Å². The molecular formula is C22H25N5O5S2. The van der Waals surface area contributed by atoms with Crippen molar-refractivity contribution in [3.63, 3.8) is 0 Å². The van der Waals surface area contributed by atoms with Crippen molar-refractivity contribution in [1.29, 1.82) is 0 Å². The molecule has 0 saturated carbocycles. The first kappa shape index (κ1) is 24.0. The van der Waals surface area contributed by atoms with E-state index in [4.69, 9.17) is 4.74 Å². The number of nitrogens with zero attached hydrogens (tertiary/aromatic N) is 4. The van der Waals surface area contributed by atoms with Crippen LogP contribution in [0.2, 0.25) is 0 Å². The highest BCUT2D eigenvalue weighted by atomic mass is 32.2. The summed E-state index contributed by atoms with van der Waals surface area (Å²) in [5.74, 6) is -0.348. The number of ether oxygens (including phenoxy) is 1. The van der Waals surface area contributed by atoms with Crippen molar-refractivity contribution in [3.05, 3.63) is 54.1 Å². The molecule has 2 heterocycles. The van der Waals surface area contributed by atoms with Crippen LogP contribution in [0.4, 0.5) is 4.79 Å². The topological polar surface area (TPSA) is 122 Å². The summed E-state index contributed by atoms with van der Waals surface area (Å²) in [6.45, 7) is 3.23. The molecule has 2 aromatic carbocycles. The Morgan fingerprint density at radius 1 is 1.03 bits per heavy atom. The van der Waals surface area contributed by atoms with E-state index in [0.717, 1.165) is 17.3 Å². The van der Waals surface area contributed by atoms with Gasteiger partial charge in [-0.3, -0.25) is 4.79 Å². The number of sulfonamides is 1. The molecule has 1 N–H and O–H groups in total. The minimum atomic E-state index is -4.07. The molecular weight excluding hydrogens is 478 g/mol. The fraction of sp³-hybridized carbons (Fsp3) is 0.364. The molecule has 12 heteroatoms. The maximum atomic E-state index is 13.5. The van der Waals surface area contributed by atoms with Gasteiger partial charge in [0.25, 0.3) is 0 Å². The molecule has 180 valence electrons. The first-order chi connectivity index (χ1) is 16.4. The molecule has 10 nitrogen and oxygen atoms in total. The molecule has 1 aromatic heterocycles. The Bertz CT molecular complexity index is 1260. The van der Waals surface area contributed by atoms with Gasteiger partial charge in [0.15, 0.2) is 0 Å². The lowest BCUT2D eigenvalue weighted by molar-refractivity contribution is -0.134. The summed E-state index contributed by atoms with van der Waals surface area (Å²) < 4.78 is 42.5. The number of nitrogens with one attached hydrogen (secondary N) is 1. The van der Waals surface area contributed by atoms with Crippen LogP contribution in [0.1, 0.15) is 12.5 Å². The van der Waals surface area contributed by atoms with Gasteiger partial charge >= 0.3 is 6.09 Å². The third kappa shape index (κ3) is 5.34. The monoisotopic (exact) mass is 503 g/mol. The molecule has 0 aliphatic carbocycles. The minimum absolute atomic E-state index is 0.0169. The van der Waals surface area contributed by atoms with E-state index in [9.17, 15) is 18.0 Å². The summed E-state index contributed by atoms with van der Waals surface area (Å²) in [5.41, 5.74) is 1.57. The van der Waals surface area contributed by atoms with E-state index in [2.05, 4.69) is 13.5 Å². The van der Waals surface area contributed by atoms with Crippen molar-refractivity contribution in [1.82, 2.24) is 23.3 Å². The van der Waals surface area contributed by atoms with Crippen LogP contribution in [0.3, 0.4) is 0 Å². The molecule has 1 aliphatic rings. The standard InChI is InChI=1S/C22H25N5O5S2/c1-2-32-22(29)27-13-11-26(12-14-27)21(28)18(15-16-7-4-3-5-8-16)25-34(30,31)19-10-6-9-17-20(19)24-33-23-17/h3-10,18,25H,2,11-15H2,1H3. The van der Waals surface area contributed by atoms with Crippen LogP contribution < -0.4 is 4.72 Å². The maximum absolute atomic E-state index is 13.5. The molecule has 1 aliphatic heterocycles. The van der Waals surface area contributed by atoms with Gasteiger partial charge in [0.1, 0.15) is 22.0 Å². The van der Waals surface area contributed by atoms with E-state index in [1.165, 1.54) is 6.07 Å². The minimum Gasteiger partial charge on any atom is -0.450 e. The molecule has 1 unspecified atom stereocenters. The lowest BCUT2D eigenvalue weighted by Crippen LogP contribution is -2.56. The third-order valence-corrected chi connectivity index (χ3v) is 7.58. The van der Waals surface area contributed by atoms with E-state index in [0.29, 0.717) is 18.6 Å². The summed E-state index contributed by atoms with van der Waals surface area (Å²) in [7, 11) is -4.07. The molecule has 0 radical (unpaired) electrons. The predicted molar refractivity (Wildman–Crippen MR) is 127 cm³/mol. The van der Waals surface area contributed by atoms with Crippen LogP contribution in [0.5, 0.6) is 0 Å². The fourth-order valence-corrected chi connectivity index (χ4v) is 5.78. The highest BCUT2D eigenvalue weighted by molar-refractivity contribution is 7.89. The zero-order valence-corrected chi connectivity index (χ0v) is 20.2. The number of aromatic nitrogens is 2. The van der Waals surface area contributed by atoms with Crippen molar-refractivity contribution < 1.29 is 22.7 Å². The van der Waals surface area contributed by atoms with Gasteiger partial charge in [-0.25, -0.2) is 13.2 Å². The second-order valence-corrected chi connectivity index (χ2v) is 9.97. The highest BCUT2D eigenvalue weighted by Gasteiger charge is 2.33. The Morgan fingerprint density at radius 3 is 2.44 bits per heavy atom. The lowest BCUT2D eigenvalue weighted by Gasteiger charge is -2.36. The van der Waals surface area contributed by atoms with Crippen LogP contribution in [0.15, 0.2) is 53.4 Å². The van der Waals surface area contributed by atoms with Crippen molar-refractivity contribution in [3.8, 4) is 0 Å². The lowest BCUT2D eigenvalue weighted by atomic mass is 10.1. The SMILES string of the molecule is CCOC(=O)N1CCN(C(=O)C(Cc2ccccc2)NS(=O)(=O)c2cccc3nsnc23)CC1. The average Bonchev–Trinajstić information content (AvgIpc) is 3.33. The zero-order chi connectivity index (χ0) is 24.1. The quantitative estimate of drug-likeness (QED) is 0.522. The number of rotatable bonds is 7. The van der Waals surface area contributed by atoms with Crippen LogP contribution in [0, 0.1) is 0 Å². The highest BCUT2D eigenvalue weighted by Crippen LogP contribution is 2.22. The predicted octanol–water partition coefficient (Wildman–Crippen LogP) is 1.88. The van der Waals surface area contributed by atoms with Gasteiger partial charge in [0.05, 0.1) is 18.3 Å². The molecule has 34 heavy (non-hydrogen) atoms. The van der Waals surface area contributed by atoms with Gasteiger partial charge in [-0.1, -0.05) is 36.4 Å². The fourth-order valence-electron chi connectivity index (χ4n) is 3.82. The number of carbonyl (C=O) groups is 2. The number of fused-ring (bicyclic) bond motifs is 1. The molecule has 3 aromatic rings. The van der Waals surface area contributed by atoms with Crippen molar-refractivity contribution >= 4 is 44.8 Å². The van der Waals surface area contributed by atoms with Crippen LogP contribution >= 0.6 is 11.7 Å². The maximum Gasteiger partial charge on any atom is 0.409 e. The molecule has 0 spiro atoms. The molecule has 1 atom stereocenters. The van der Waals surface area contributed by atoms with Crippen molar-refractivity contribution in [2.45, 2.75) is 24.3 Å². The van der Waals surface area contributed by atoms with E-state index in [1.807, 2.05) is 30.3 Å². The molecule has 0 bridgehead atoms. The Labute approximate surface area is 201 Å². The van der Waals surface area contributed by atoms with E-state index >= 15 is 0 Å². The summed E-state index contributed by atoms with van der Waals surface area (Å²) in [6, 6.07) is 12.9. The third-order valence-electron chi connectivity index (χ3n) is 5.53. The van der Waals surface area contributed by atoms with Crippen molar-refractivity contribution in [2.75, 3.05) is 32.8 Å². The first-order valence-corrected chi connectivity index (χ1v) is 13.1. The number of carbonyl (C=O) groups excluding carboxylic acids is 2. The van der Waals surface area contributed by atoms with Crippen molar-refractivity contribution in [2.24, 2.45) is 0 Å². The summed E-state index contributed by atoms with van der Waals surface area (Å²) in [6.07, 6.45) is -0.233. The smallest absolute Gasteiger partial charge is 0.409 e. The number of amides is 2. The Hall–Kier alpha value is -3.09. The molecule has 4 rings (SSSR count). The second kappa shape index (κ2) is 10.5. The first-order valence-electron chi connectivity index (χ1n) is 10.9. The number of piperazine rings is 1. The number of benzene rings is 2. The van der Waals surface area contributed by atoms with Crippen LogP contribution in [0.25, 0.3) is 11.0 Å². The molecule has 1 fully saturated rings. The Balaban J connectivity index is 1.55. The normalized spacial score (nSPS) is 15.3. The van der Waals surface area contributed by atoms with Gasteiger partial charge in [-0.05, 0) is 31.0 Å². The summed E-state index contributed by atoms with van der Waals surface area (Å²) in [4.78, 5) is 28.5. The Morgan fingerprint density at radius 2 is 1.74 bits per heavy atom. The van der Waals surface area contributed by atoms with Gasteiger partial charge in [-0.15, -0.1) is 0 Å². The van der Waals surface area contributed by atoms with E-state index in [-0.39, 0.29) is 42.4 Å². The van der Waals surface area contributed by atoms with Crippen LogP contribution in [-0.2, 0) is 26.0 Å². The molecule has 2 amide bonds. The van der Waals surface area contributed by atoms with Crippen LogP contribution in [-0.4, -0.2) is 77.8 Å². The number of hydrogen-bond donors (Lipinski definition) is 1. The molecule has 1 saturated heterocycles. The Kier molecular flexibility index (Phi) is 7.39. The van der Waals surface area contributed by atoms with E-state index in [1.54, 1.807) is 28.9 Å². The zero-order valence-electron chi connectivity index (χ0n) is 18.6. The average molecular weight is 504 g/mol.